The minimum atomic E-state index is -3.95. The number of rotatable bonds is 8. The van der Waals surface area contributed by atoms with Gasteiger partial charge in [-0.25, -0.2) is 26.3 Å². The summed E-state index contributed by atoms with van der Waals surface area (Å²) < 4.78 is 52.0. The van der Waals surface area contributed by atoms with Crippen molar-refractivity contribution in [3.05, 3.63) is 54.6 Å². The Morgan fingerprint density at radius 2 is 1.39 bits per heavy atom. The highest BCUT2D eigenvalue weighted by atomic mass is 32.2. The quantitative estimate of drug-likeness (QED) is 0.572. The van der Waals surface area contributed by atoms with Crippen molar-refractivity contribution in [2.45, 2.75) is 23.1 Å². The zero-order chi connectivity index (χ0) is 20.8. The van der Waals surface area contributed by atoms with E-state index in [1.807, 2.05) is 4.72 Å². The molecule has 0 saturated carbocycles. The molecule has 0 aliphatic heterocycles. The molecule has 0 unspecified atom stereocenters. The van der Waals surface area contributed by atoms with Gasteiger partial charge in [-0.05, 0) is 36.4 Å². The molecule has 0 aliphatic rings. The van der Waals surface area contributed by atoms with Crippen LogP contribution in [-0.4, -0.2) is 35.2 Å². The summed E-state index contributed by atoms with van der Waals surface area (Å²) in [6.45, 7) is 0.982. The predicted octanol–water partition coefficient (Wildman–Crippen LogP) is 0.819. The van der Waals surface area contributed by atoms with Gasteiger partial charge in [-0.2, -0.15) is 0 Å². The molecular formula is C17H19N3O6S2. The summed E-state index contributed by atoms with van der Waals surface area (Å²) in [5.41, 5.74) is 0.331. The lowest BCUT2D eigenvalue weighted by Crippen LogP contribution is -2.28. The number of benzene rings is 2. The van der Waals surface area contributed by atoms with E-state index in [4.69, 9.17) is 0 Å². The molecule has 11 heteroatoms. The Kier molecular flexibility index (Phi) is 6.89. The number of sulfonamides is 2. The van der Waals surface area contributed by atoms with E-state index in [9.17, 15) is 26.4 Å². The Hall–Kier alpha value is -2.76. The van der Waals surface area contributed by atoms with E-state index in [-0.39, 0.29) is 22.8 Å². The van der Waals surface area contributed by atoms with Gasteiger partial charge in [0.15, 0.2) is 0 Å². The van der Waals surface area contributed by atoms with Crippen molar-refractivity contribution >= 4 is 37.5 Å². The SMILES string of the molecule is CC(=O)NS(=O)(=O)c1ccc(NC(=O)CCNS(=O)(=O)c2ccccc2)cc1. The average Bonchev–Trinajstić information content (AvgIpc) is 2.61. The summed E-state index contributed by atoms with van der Waals surface area (Å²) >= 11 is 0. The van der Waals surface area contributed by atoms with Crippen molar-refractivity contribution in [1.82, 2.24) is 9.44 Å². The zero-order valence-electron chi connectivity index (χ0n) is 14.9. The van der Waals surface area contributed by atoms with E-state index in [0.29, 0.717) is 5.69 Å². The van der Waals surface area contributed by atoms with Crippen LogP contribution in [0.15, 0.2) is 64.4 Å². The van der Waals surface area contributed by atoms with Crippen LogP contribution < -0.4 is 14.8 Å². The topological polar surface area (TPSA) is 139 Å². The smallest absolute Gasteiger partial charge is 0.264 e. The van der Waals surface area contributed by atoms with Gasteiger partial charge in [0.1, 0.15) is 0 Å². The second kappa shape index (κ2) is 8.95. The van der Waals surface area contributed by atoms with Gasteiger partial charge in [-0.3, -0.25) is 9.59 Å². The highest BCUT2D eigenvalue weighted by molar-refractivity contribution is 7.90. The molecule has 2 amide bonds. The van der Waals surface area contributed by atoms with Crippen LogP contribution in [0.1, 0.15) is 13.3 Å². The Balaban J connectivity index is 1.89. The minimum Gasteiger partial charge on any atom is -0.326 e. The summed E-state index contributed by atoms with van der Waals surface area (Å²) in [5.74, 6) is -1.16. The molecule has 3 N–H and O–H groups in total. The Bertz CT molecular complexity index is 1050. The zero-order valence-corrected chi connectivity index (χ0v) is 16.5. The summed E-state index contributed by atoms with van der Waals surface area (Å²) in [4.78, 5) is 22.8. The first kappa shape index (κ1) is 21.5. The number of hydrogen-bond acceptors (Lipinski definition) is 6. The van der Waals surface area contributed by atoms with Gasteiger partial charge in [0, 0.05) is 25.6 Å². The highest BCUT2D eigenvalue weighted by Crippen LogP contribution is 2.14. The van der Waals surface area contributed by atoms with Crippen LogP contribution in [-0.2, 0) is 29.6 Å². The largest absolute Gasteiger partial charge is 0.326 e. The fourth-order valence-electron chi connectivity index (χ4n) is 2.17. The third kappa shape index (κ3) is 6.15. The lowest BCUT2D eigenvalue weighted by Gasteiger charge is -2.09. The molecule has 0 bridgehead atoms. The molecule has 150 valence electrons. The Morgan fingerprint density at radius 1 is 0.821 bits per heavy atom. The van der Waals surface area contributed by atoms with Crippen LogP contribution in [0.5, 0.6) is 0 Å². The minimum absolute atomic E-state index is 0.0992. The molecule has 0 spiro atoms. The molecule has 28 heavy (non-hydrogen) atoms. The number of anilines is 1. The average molecular weight is 425 g/mol. The van der Waals surface area contributed by atoms with E-state index in [2.05, 4.69) is 10.0 Å². The third-order valence-electron chi connectivity index (χ3n) is 3.42. The normalized spacial score (nSPS) is 11.6. The number of carbonyl (C=O) groups excluding carboxylic acids is 2. The summed E-state index contributed by atoms with van der Waals surface area (Å²) in [6, 6.07) is 13.0. The molecule has 2 aromatic rings. The van der Waals surface area contributed by atoms with Gasteiger partial charge >= 0.3 is 0 Å². The van der Waals surface area contributed by atoms with Crippen molar-refractivity contribution in [2.75, 3.05) is 11.9 Å². The van der Waals surface area contributed by atoms with Crippen LogP contribution in [0.4, 0.5) is 5.69 Å². The molecule has 0 atom stereocenters. The number of nitrogens with one attached hydrogen (secondary N) is 3. The Labute approximate surface area is 163 Å². The highest BCUT2D eigenvalue weighted by Gasteiger charge is 2.16. The first-order chi connectivity index (χ1) is 13.1. The second-order valence-electron chi connectivity index (χ2n) is 5.70. The summed E-state index contributed by atoms with van der Waals surface area (Å²) in [5, 5.41) is 2.53. The maximum Gasteiger partial charge on any atom is 0.264 e. The fourth-order valence-corrected chi connectivity index (χ4v) is 4.21. The second-order valence-corrected chi connectivity index (χ2v) is 9.14. The predicted molar refractivity (Wildman–Crippen MR) is 102 cm³/mol. The molecular weight excluding hydrogens is 406 g/mol. The number of carbonyl (C=O) groups is 2. The third-order valence-corrected chi connectivity index (χ3v) is 6.35. The molecule has 0 aliphatic carbocycles. The van der Waals surface area contributed by atoms with E-state index in [1.165, 1.54) is 36.4 Å². The maximum atomic E-state index is 12.1. The van der Waals surface area contributed by atoms with E-state index in [0.717, 1.165) is 6.92 Å². The standard InChI is InChI=1S/C17H19N3O6S2/c1-13(21)20-28(25,26)16-9-7-14(8-10-16)19-17(22)11-12-18-27(23,24)15-5-3-2-4-6-15/h2-10,18H,11-12H2,1H3,(H,19,22)(H,20,21). The van der Waals surface area contributed by atoms with Gasteiger partial charge in [-0.15, -0.1) is 0 Å². The monoisotopic (exact) mass is 425 g/mol. The van der Waals surface area contributed by atoms with Gasteiger partial charge in [0.25, 0.3) is 10.0 Å². The van der Waals surface area contributed by atoms with E-state index < -0.39 is 31.9 Å². The van der Waals surface area contributed by atoms with Crippen LogP contribution in [0.3, 0.4) is 0 Å². The lowest BCUT2D eigenvalue weighted by atomic mass is 10.3. The number of amides is 2. The molecule has 0 radical (unpaired) electrons. The summed E-state index contributed by atoms with van der Waals surface area (Å²) in [7, 11) is -7.64. The van der Waals surface area contributed by atoms with Crippen LogP contribution in [0.25, 0.3) is 0 Å². The molecule has 0 saturated heterocycles. The van der Waals surface area contributed by atoms with E-state index >= 15 is 0 Å². The first-order valence-electron chi connectivity index (χ1n) is 8.08. The van der Waals surface area contributed by atoms with Crippen molar-refractivity contribution in [3.8, 4) is 0 Å². The molecule has 0 fully saturated rings. The van der Waals surface area contributed by atoms with Crippen molar-refractivity contribution in [2.24, 2.45) is 0 Å². The first-order valence-corrected chi connectivity index (χ1v) is 11.0. The van der Waals surface area contributed by atoms with Crippen LogP contribution in [0.2, 0.25) is 0 Å². The molecule has 2 aromatic carbocycles. The van der Waals surface area contributed by atoms with Crippen molar-refractivity contribution < 1.29 is 26.4 Å². The van der Waals surface area contributed by atoms with Gasteiger partial charge < -0.3 is 5.32 Å². The molecule has 0 heterocycles. The fraction of sp³-hybridized carbons (Fsp3) is 0.176. The van der Waals surface area contributed by atoms with Crippen LogP contribution >= 0.6 is 0 Å². The van der Waals surface area contributed by atoms with Crippen molar-refractivity contribution in [1.29, 1.82) is 0 Å². The molecule has 0 aromatic heterocycles. The number of hydrogen-bond donors (Lipinski definition) is 3. The molecule has 9 nitrogen and oxygen atoms in total. The van der Waals surface area contributed by atoms with Crippen molar-refractivity contribution in [3.63, 3.8) is 0 Å². The lowest BCUT2D eigenvalue weighted by molar-refractivity contribution is -0.117. The maximum absolute atomic E-state index is 12.1. The van der Waals surface area contributed by atoms with Crippen LogP contribution in [0, 0.1) is 0 Å². The van der Waals surface area contributed by atoms with Gasteiger partial charge in [0.05, 0.1) is 9.79 Å². The van der Waals surface area contributed by atoms with E-state index in [1.54, 1.807) is 18.2 Å². The Morgan fingerprint density at radius 3 is 1.96 bits per heavy atom. The van der Waals surface area contributed by atoms with Gasteiger partial charge in [-0.1, -0.05) is 18.2 Å². The molecule has 2 rings (SSSR count). The van der Waals surface area contributed by atoms with Gasteiger partial charge in [0.2, 0.25) is 21.8 Å². The summed E-state index contributed by atoms with van der Waals surface area (Å²) in [6.07, 6.45) is -0.113.